The van der Waals surface area contributed by atoms with Crippen molar-refractivity contribution in [2.45, 2.75) is 38.0 Å². The average Bonchev–Trinajstić information content (AvgIpc) is 3.18. The van der Waals surface area contributed by atoms with Gasteiger partial charge in [-0.3, -0.25) is 4.79 Å². The molecule has 2 N–H and O–H groups in total. The fraction of sp³-hybridized carbons (Fsp3) is 0.364. The first kappa shape index (κ1) is 18.3. The third kappa shape index (κ3) is 4.27. The number of carbonyl (C=O) groups excluding carboxylic acids is 2. The van der Waals surface area contributed by atoms with Gasteiger partial charge in [-0.15, -0.1) is 0 Å². The molecule has 146 valence electrons. The summed E-state index contributed by atoms with van der Waals surface area (Å²) in [5.41, 5.74) is 3.19. The number of hydrogen-bond donors (Lipinski definition) is 2. The van der Waals surface area contributed by atoms with E-state index in [-0.39, 0.29) is 30.7 Å². The van der Waals surface area contributed by atoms with Crippen LogP contribution < -0.4 is 10.6 Å². The van der Waals surface area contributed by atoms with Crippen LogP contribution >= 0.6 is 0 Å². The average molecular weight is 379 g/mol. The normalized spacial score (nSPS) is 18.9. The van der Waals surface area contributed by atoms with E-state index in [1.54, 1.807) is 4.90 Å². The molecule has 2 aliphatic rings. The first-order valence-electron chi connectivity index (χ1n) is 9.79. The number of amides is 2. The molecule has 0 radical (unpaired) electrons. The molecule has 0 saturated carbocycles. The number of anilines is 1. The van der Waals surface area contributed by atoms with Gasteiger partial charge in [0, 0.05) is 31.2 Å². The highest BCUT2D eigenvalue weighted by atomic mass is 16.6. The van der Waals surface area contributed by atoms with Crippen LogP contribution in [0.3, 0.4) is 0 Å². The number of fused-ring (bicyclic) bond motifs is 1. The number of hydrogen-bond acceptors (Lipinski definition) is 4. The molecule has 2 aliphatic heterocycles. The molecule has 28 heavy (non-hydrogen) atoms. The summed E-state index contributed by atoms with van der Waals surface area (Å²) in [7, 11) is 0. The Balaban J connectivity index is 1.20. The first-order valence-corrected chi connectivity index (χ1v) is 9.79. The number of nitrogens with zero attached hydrogens (tertiary/aromatic N) is 1. The SMILES string of the molecule is O=C(NC1CCN(C(=O)OCc2ccccc2)CC1)C1Cc2ccccc2N1. The second-order valence-electron chi connectivity index (χ2n) is 7.37. The van der Waals surface area contributed by atoms with E-state index in [1.807, 2.05) is 48.5 Å². The maximum Gasteiger partial charge on any atom is 0.410 e. The molecule has 0 bridgehead atoms. The number of likely N-dealkylation sites (tertiary alicyclic amines) is 1. The van der Waals surface area contributed by atoms with Crippen molar-refractivity contribution >= 4 is 17.7 Å². The van der Waals surface area contributed by atoms with E-state index in [4.69, 9.17) is 4.74 Å². The lowest BCUT2D eigenvalue weighted by Gasteiger charge is -2.32. The second kappa shape index (κ2) is 8.33. The molecule has 4 rings (SSSR count). The molecule has 2 aromatic carbocycles. The Hall–Kier alpha value is -3.02. The second-order valence-corrected chi connectivity index (χ2v) is 7.37. The van der Waals surface area contributed by atoms with Gasteiger partial charge in [-0.05, 0) is 30.0 Å². The highest BCUT2D eigenvalue weighted by Crippen LogP contribution is 2.25. The van der Waals surface area contributed by atoms with Crippen LogP contribution in [0.2, 0.25) is 0 Å². The summed E-state index contributed by atoms with van der Waals surface area (Å²) >= 11 is 0. The Morgan fingerprint density at radius 1 is 1.04 bits per heavy atom. The molecular formula is C22H25N3O3. The fourth-order valence-corrected chi connectivity index (χ4v) is 3.77. The summed E-state index contributed by atoms with van der Waals surface area (Å²) in [5.74, 6) is 0.0290. The first-order chi connectivity index (χ1) is 13.7. The summed E-state index contributed by atoms with van der Waals surface area (Å²) in [5, 5.41) is 6.42. The molecule has 2 aromatic rings. The summed E-state index contributed by atoms with van der Waals surface area (Å²) < 4.78 is 5.39. The van der Waals surface area contributed by atoms with Crippen molar-refractivity contribution in [1.82, 2.24) is 10.2 Å². The summed E-state index contributed by atoms with van der Waals surface area (Å²) in [6.45, 7) is 1.47. The molecule has 0 aromatic heterocycles. The van der Waals surface area contributed by atoms with Crippen molar-refractivity contribution < 1.29 is 14.3 Å². The van der Waals surface area contributed by atoms with Gasteiger partial charge in [-0.25, -0.2) is 4.79 Å². The van der Waals surface area contributed by atoms with E-state index in [9.17, 15) is 9.59 Å². The van der Waals surface area contributed by atoms with Crippen LogP contribution in [-0.4, -0.2) is 42.1 Å². The lowest BCUT2D eigenvalue weighted by Crippen LogP contribution is -2.49. The smallest absolute Gasteiger partial charge is 0.410 e. The number of nitrogens with one attached hydrogen (secondary N) is 2. The van der Waals surface area contributed by atoms with Crippen LogP contribution in [0.5, 0.6) is 0 Å². The van der Waals surface area contributed by atoms with Gasteiger partial charge in [0.15, 0.2) is 0 Å². The van der Waals surface area contributed by atoms with Crippen molar-refractivity contribution in [2.24, 2.45) is 0 Å². The summed E-state index contributed by atoms with van der Waals surface area (Å²) in [6.07, 6.45) is 1.91. The Morgan fingerprint density at radius 3 is 2.50 bits per heavy atom. The largest absolute Gasteiger partial charge is 0.445 e. The van der Waals surface area contributed by atoms with Gasteiger partial charge in [0.1, 0.15) is 12.6 Å². The zero-order chi connectivity index (χ0) is 19.3. The van der Waals surface area contributed by atoms with E-state index in [1.165, 1.54) is 5.56 Å². The zero-order valence-corrected chi connectivity index (χ0v) is 15.8. The van der Waals surface area contributed by atoms with Crippen molar-refractivity contribution in [3.8, 4) is 0 Å². The number of rotatable bonds is 4. The molecule has 2 heterocycles. The van der Waals surface area contributed by atoms with Crippen LogP contribution in [0.25, 0.3) is 0 Å². The lowest BCUT2D eigenvalue weighted by atomic mass is 10.0. The zero-order valence-electron chi connectivity index (χ0n) is 15.8. The number of carbonyl (C=O) groups is 2. The number of piperidine rings is 1. The number of para-hydroxylation sites is 1. The molecular weight excluding hydrogens is 354 g/mol. The van der Waals surface area contributed by atoms with Gasteiger partial charge >= 0.3 is 6.09 Å². The standard InChI is InChI=1S/C22H25N3O3/c26-21(20-14-17-8-4-5-9-19(17)24-20)23-18-10-12-25(13-11-18)22(27)28-15-16-6-2-1-3-7-16/h1-9,18,20,24H,10-15H2,(H,23,26). The Morgan fingerprint density at radius 2 is 1.75 bits per heavy atom. The minimum atomic E-state index is -0.290. The predicted molar refractivity (Wildman–Crippen MR) is 107 cm³/mol. The predicted octanol–water partition coefficient (Wildman–Crippen LogP) is 2.94. The molecule has 1 fully saturated rings. The van der Waals surface area contributed by atoms with Crippen molar-refractivity contribution in [3.05, 3.63) is 65.7 Å². The van der Waals surface area contributed by atoms with Crippen molar-refractivity contribution in [3.63, 3.8) is 0 Å². The minimum Gasteiger partial charge on any atom is -0.445 e. The van der Waals surface area contributed by atoms with Crippen LogP contribution in [0, 0.1) is 0 Å². The van der Waals surface area contributed by atoms with Crippen LogP contribution in [-0.2, 0) is 22.6 Å². The molecule has 1 saturated heterocycles. The number of benzene rings is 2. The highest BCUT2D eigenvalue weighted by Gasteiger charge is 2.30. The number of ether oxygens (including phenoxy) is 1. The summed E-state index contributed by atoms with van der Waals surface area (Å²) in [4.78, 5) is 26.5. The monoisotopic (exact) mass is 379 g/mol. The molecule has 1 unspecified atom stereocenters. The Bertz CT molecular complexity index is 807. The molecule has 6 heteroatoms. The van der Waals surface area contributed by atoms with Crippen LogP contribution in [0.4, 0.5) is 10.5 Å². The van der Waals surface area contributed by atoms with Gasteiger partial charge in [0.2, 0.25) is 5.91 Å². The van der Waals surface area contributed by atoms with Gasteiger partial charge < -0.3 is 20.3 Å². The third-order valence-corrected chi connectivity index (χ3v) is 5.39. The topological polar surface area (TPSA) is 70.7 Å². The Kier molecular flexibility index (Phi) is 5.46. The molecule has 6 nitrogen and oxygen atoms in total. The van der Waals surface area contributed by atoms with E-state index >= 15 is 0 Å². The van der Waals surface area contributed by atoms with Crippen LogP contribution in [0.15, 0.2) is 54.6 Å². The summed E-state index contributed by atoms with van der Waals surface area (Å²) in [6, 6.07) is 17.6. The van der Waals surface area contributed by atoms with Crippen molar-refractivity contribution in [2.75, 3.05) is 18.4 Å². The van der Waals surface area contributed by atoms with Gasteiger partial charge in [0.25, 0.3) is 0 Å². The third-order valence-electron chi connectivity index (χ3n) is 5.39. The Labute approximate surface area is 164 Å². The maximum atomic E-state index is 12.6. The molecule has 0 spiro atoms. The van der Waals surface area contributed by atoms with E-state index in [0.29, 0.717) is 19.5 Å². The quantitative estimate of drug-likeness (QED) is 0.857. The van der Waals surface area contributed by atoms with Gasteiger partial charge in [-0.1, -0.05) is 48.5 Å². The minimum absolute atomic E-state index is 0.0290. The maximum absolute atomic E-state index is 12.6. The molecule has 2 amide bonds. The van der Waals surface area contributed by atoms with E-state index in [0.717, 1.165) is 24.1 Å². The van der Waals surface area contributed by atoms with Crippen molar-refractivity contribution in [1.29, 1.82) is 0 Å². The van der Waals surface area contributed by atoms with Gasteiger partial charge in [-0.2, -0.15) is 0 Å². The highest BCUT2D eigenvalue weighted by molar-refractivity contribution is 5.87. The molecule has 0 aliphatic carbocycles. The van der Waals surface area contributed by atoms with E-state index in [2.05, 4.69) is 16.7 Å². The van der Waals surface area contributed by atoms with Gasteiger partial charge in [0.05, 0.1) is 0 Å². The van der Waals surface area contributed by atoms with Crippen LogP contribution in [0.1, 0.15) is 24.0 Å². The molecule has 1 atom stereocenters. The lowest BCUT2D eigenvalue weighted by molar-refractivity contribution is -0.122. The van der Waals surface area contributed by atoms with E-state index < -0.39 is 0 Å². The fourth-order valence-electron chi connectivity index (χ4n) is 3.77.